The second kappa shape index (κ2) is 8.43. The summed E-state index contributed by atoms with van der Waals surface area (Å²) in [4.78, 5) is 25.0. The van der Waals surface area contributed by atoms with E-state index >= 15 is 0 Å². The molecule has 0 atom stereocenters. The van der Waals surface area contributed by atoms with Gasteiger partial charge in [-0.05, 0) is 67.6 Å². The minimum absolute atomic E-state index is 0.157. The van der Waals surface area contributed by atoms with E-state index in [2.05, 4.69) is 5.32 Å². The number of nitrogens with one attached hydrogen (secondary N) is 1. The van der Waals surface area contributed by atoms with Crippen LogP contribution in [0.2, 0.25) is 5.02 Å². The molecule has 150 valence electrons. The van der Waals surface area contributed by atoms with E-state index in [0.717, 1.165) is 11.3 Å². The molecule has 0 saturated carbocycles. The fourth-order valence-electron chi connectivity index (χ4n) is 3.06. The van der Waals surface area contributed by atoms with Crippen molar-refractivity contribution in [1.29, 1.82) is 0 Å². The van der Waals surface area contributed by atoms with Crippen molar-refractivity contribution in [3.8, 4) is 17.1 Å². The number of rotatable bonds is 5. The molecule has 0 unspecified atom stereocenters. The van der Waals surface area contributed by atoms with Crippen LogP contribution in [-0.4, -0.2) is 12.5 Å². The van der Waals surface area contributed by atoms with Crippen LogP contribution in [-0.2, 0) is 0 Å². The fourth-order valence-corrected chi connectivity index (χ4v) is 3.19. The summed E-state index contributed by atoms with van der Waals surface area (Å²) in [5.74, 6) is 0.907. The zero-order valence-electron chi connectivity index (χ0n) is 16.1. The smallest absolute Gasteiger partial charge is 0.255 e. The Morgan fingerprint density at radius 2 is 1.73 bits per heavy atom. The van der Waals surface area contributed by atoms with Gasteiger partial charge in [-0.2, -0.15) is 0 Å². The molecule has 6 heteroatoms. The number of anilines is 1. The molecular weight excluding hydrogens is 402 g/mol. The summed E-state index contributed by atoms with van der Waals surface area (Å²) in [6.45, 7) is 2.49. The lowest BCUT2D eigenvalue weighted by molar-refractivity contribution is 0.102. The lowest BCUT2D eigenvalue weighted by Crippen LogP contribution is -2.12. The van der Waals surface area contributed by atoms with Gasteiger partial charge in [0.2, 0.25) is 0 Å². The number of ether oxygens (including phenoxy) is 1. The minimum atomic E-state index is -0.281. The summed E-state index contributed by atoms with van der Waals surface area (Å²) in [7, 11) is 0. The average Bonchev–Trinajstić information content (AvgIpc) is 2.74. The molecule has 0 aliphatic rings. The van der Waals surface area contributed by atoms with Crippen LogP contribution in [0.3, 0.4) is 0 Å². The summed E-state index contributed by atoms with van der Waals surface area (Å²) in [5, 5.41) is 3.80. The van der Waals surface area contributed by atoms with Gasteiger partial charge in [0.05, 0.1) is 12.0 Å². The Morgan fingerprint density at radius 3 is 2.43 bits per heavy atom. The lowest BCUT2D eigenvalue weighted by Gasteiger charge is -2.08. The maximum Gasteiger partial charge on any atom is 0.255 e. The molecule has 0 fully saturated rings. The molecule has 0 bridgehead atoms. The highest BCUT2D eigenvalue weighted by Gasteiger charge is 2.11. The van der Waals surface area contributed by atoms with Gasteiger partial charge in [0, 0.05) is 34.0 Å². The normalized spacial score (nSPS) is 10.7. The third-order valence-corrected chi connectivity index (χ3v) is 4.80. The van der Waals surface area contributed by atoms with Gasteiger partial charge in [0.25, 0.3) is 5.91 Å². The Balaban J connectivity index is 1.65. The maximum absolute atomic E-state index is 12.5. The zero-order chi connectivity index (χ0) is 21.1. The number of hydrogen-bond donors (Lipinski definition) is 1. The van der Waals surface area contributed by atoms with E-state index in [9.17, 15) is 9.59 Å². The van der Waals surface area contributed by atoms with Gasteiger partial charge in [-0.25, -0.2) is 0 Å². The van der Waals surface area contributed by atoms with E-state index in [0.29, 0.717) is 39.6 Å². The van der Waals surface area contributed by atoms with Crippen molar-refractivity contribution >= 4 is 34.2 Å². The topological polar surface area (TPSA) is 68.5 Å². The molecule has 3 aromatic carbocycles. The molecule has 0 aliphatic heterocycles. The number of fused-ring (bicyclic) bond motifs is 1. The third kappa shape index (κ3) is 4.21. The van der Waals surface area contributed by atoms with Crippen LogP contribution in [0.5, 0.6) is 5.75 Å². The Kier molecular flexibility index (Phi) is 5.55. The molecule has 0 radical (unpaired) electrons. The third-order valence-electron chi connectivity index (χ3n) is 4.54. The first-order valence-corrected chi connectivity index (χ1v) is 9.79. The first-order valence-electron chi connectivity index (χ1n) is 9.41. The van der Waals surface area contributed by atoms with E-state index in [4.69, 9.17) is 20.8 Å². The monoisotopic (exact) mass is 419 g/mol. The fraction of sp³-hybridized carbons (Fsp3) is 0.0833. The van der Waals surface area contributed by atoms with Gasteiger partial charge in [0.1, 0.15) is 17.1 Å². The number of halogens is 1. The van der Waals surface area contributed by atoms with Gasteiger partial charge in [0.15, 0.2) is 5.43 Å². The van der Waals surface area contributed by atoms with Crippen LogP contribution in [0.15, 0.2) is 82.0 Å². The van der Waals surface area contributed by atoms with Crippen LogP contribution in [0.1, 0.15) is 17.3 Å². The number of amides is 1. The Labute approximate surface area is 177 Å². The van der Waals surface area contributed by atoms with Crippen molar-refractivity contribution in [3.05, 3.63) is 93.6 Å². The van der Waals surface area contributed by atoms with Crippen LogP contribution >= 0.6 is 11.6 Å². The molecule has 0 spiro atoms. The molecular formula is C24H18ClNO4. The largest absolute Gasteiger partial charge is 0.494 e. The standard InChI is InChI=1S/C24H18ClNO4/c1-2-29-19-10-5-15(6-11-19)22-14-21(27)20-12-9-18(13-23(20)30-22)26-24(28)16-3-7-17(25)8-4-16/h3-14H,2H2,1H3,(H,26,28). The second-order valence-corrected chi connectivity index (χ2v) is 7.04. The second-order valence-electron chi connectivity index (χ2n) is 6.60. The first-order chi connectivity index (χ1) is 14.5. The summed E-state index contributed by atoms with van der Waals surface area (Å²) in [6, 6.07) is 20.3. The highest BCUT2D eigenvalue weighted by atomic mass is 35.5. The van der Waals surface area contributed by atoms with E-state index in [1.54, 1.807) is 42.5 Å². The molecule has 1 N–H and O–H groups in total. The SMILES string of the molecule is CCOc1ccc(-c2cc(=O)c3ccc(NC(=O)c4ccc(Cl)cc4)cc3o2)cc1. The lowest BCUT2D eigenvalue weighted by atomic mass is 10.1. The maximum atomic E-state index is 12.5. The van der Waals surface area contributed by atoms with E-state index < -0.39 is 0 Å². The highest BCUT2D eigenvalue weighted by Crippen LogP contribution is 2.26. The summed E-state index contributed by atoms with van der Waals surface area (Å²) in [6.07, 6.45) is 0. The van der Waals surface area contributed by atoms with Crippen LogP contribution in [0, 0.1) is 0 Å². The quantitative estimate of drug-likeness (QED) is 0.446. The Hall–Kier alpha value is -3.57. The summed E-state index contributed by atoms with van der Waals surface area (Å²) in [5.41, 5.74) is 1.99. The average molecular weight is 420 g/mol. The molecule has 1 amide bonds. The predicted octanol–water partition coefficient (Wildman–Crippen LogP) is 5.76. The minimum Gasteiger partial charge on any atom is -0.494 e. The van der Waals surface area contributed by atoms with Gasteiger partial charge in [-0.1, -0.05) is 11.6 Å². The van der Waals surface area contributed by atoms with E-state index in [-0.39, 0.29) is 11.3 Å². The molecule has 5 nitrogen and oxygen atoms in total. The van der Waals surface area contributed by atoms with Gasteiger partial charge in [-0.3, -0.25) is 9.59 Å². The van der Waals surface area contributed by atoms with Crippen molar-refractivity contribution in [2.45, 2.75) is 6.92 Å². The molecule has 4 aromatic rings. The first kappa shape index (κ1) is 19.7. The molecule has 4 rings (SSSR count). The van der Waals surface area contributed by atoms with Crippen molar-refractivity contribution in [1.82, 2.24) is 0 Å². The Morgan fingerprint density at radius 1 is 1.00 bits per heavy atom. The van der Waals surface area contributed by atoms with Crippen LogP contribution in [0.25, 0.3) is 22.3 Å². The van der Waals surface area contributed by atoms with Gasteiger partial charge >= 0.3 is 0 Å². The van der Waals surface area contributed by atoms with Gasteiger partial charge in [-0.15, -0.1) is 0 Å². The predicted molar refractivity (Wildman–Crippen MR) is 118 cm³/mol. The molecule has 1 aromatic heterocycles. The van der Waals surface area contributed by atoms with Crippen LogP contribution < -0.4 is 15.5 Å². The van der Waals surface area contributed by atoms with Crippen molar-refractivity contribution in [3.63, 3.8) is 0 Å². The van der Waals surface area contributed by atoms with Crippen molar-refractivity contribution in [2.24, 2.45) is 0 Å². The molecule has 0 aliphatic carbocycles. The summed E-state index contributed by atoms with van der Waals surface area (Å²) < 4.78 is 11.4. The Bertz CT molecular complexity index is 1260. The molecule has 0 saturated heterocycles. The molecule has 1 heterocycles. The van der Waals surface area contributed by atoms with Crippen molar-refractivity contribution < 1.29 is 13.9 Å². The van der Waals surface area contributed by atoms with Crippen LogP contribution in [0.4, 0.5) is 5.69 Å². The number of carbonyl (C=O) groups excluding carboxylic acids is 1. The van der Waals surface area contributed by atoms with E-state index in [1.165, 1.54) is 6.07 Å². The number of carbonyl (C=O) groups is 1. The highest BCUT2D eigenvalue weighted by molar-refractivity contribution is 6.30. The molecule has 30 heavy (non-hydrogen) atoms. The zero-order valence-corrected chi connectivity index (χ0v) is 16.9. The summed E-state index contributed by atoms with van der Waals surface area (Å²) >= 11 is 5.87. The number of benzene rings is 3. The van der Waals surface area contributed by atoms with E-state index in [1.807, 2.05) is 31.2 Å². The van der Waals surface area contributed by atoms with Gasteiger partial charge < -0.3 is 14.5 Å². The number of hydrogen-bond acceptors (Lipinski definition) is 4. The van der Waals surface area contributed by atoms with Crippen molar-refractivity contribution in [2.75, 3.05) is 11.9 Å².